The van der Waals surface area contributed by atoms with Crippen molar-refractivity contribution in [3.8, 4) is 5.75 Å². The van der Waals surface area contributed by atoms with Gasteiger partial charge in [-0.1, -0.05) is 26.3 Å². The van der Waals surface area contributed by atoms with Crippen LogP contribution in [0.25, 0.3) is 0 Å². The van der Waals surface area contributed by atoms with Gasteiger partial charge in [0.1, 0.15) is 10.6 Å². The number of benzene rings is 1. The first-order chi connectivity index (χ1) is 11.3. The number of likely N-dealkylation sites (tertiary alicyclic amines) is 1. The van der Waals surface area contributed by atoms with Gasteiger partial charge in [0.2, 0.25) is 10.0 Å². The average Bonchev–Trinajstić information content (AvgIpc) is 2.55. The molecule has 1 aliphatic heterocycles. The molecule has 0 aromatic heterocycles. The molecule has 1 N–H and O–H groups in total. The molecule has 1 atom stereocenters. The summed E-state index contributed by atoms with van der Waals surface area (Å²) in [7, 11) is -2.10. The Hall–Kier alpha value is -1.11. The van der Waals surface area contributed by atoms with Crippen LogP contribution < -0.4 is 9.46 Å². The predicted molar refractivity (Wildman–Crippen MR) is 97.0 cm³/mol. The summed E-state index contributed by atoms with van der Waals surface area (Å²) in [6.45, 7) is 8.72. The first-order valence-corrected chi connectivity index (χ1v) is 10.2. The van der Waals surface area contributed by atoms with Crippen LogP contribution in [0.1, 0.15) is 38.7 Å². The van der Waals surface area contributed by atoms with Crippen LogP contribution in [-0.2, 0) is 10.0 Å². The average molecular weight is 355 g/mol. The van der Waals surface area contributed by atoms with Gasteiger partial charge in [0.25, 0.3) is 0 Å². The van der Waals surface area contributed by atoms with E-state index < -0.39 is 10.0 Å². The number of hydrogen-bond donors (Lipinski definition) is 1. The van der Waals surface area contributed by atoms with Gasteiger partial charge in [0.15, 0.2) is 0 Å². The van der Waals surface area contributed by atoms with E-state index in [2.05, 4.69) is 23.5 Å². The molecule has 5 nitrogen and oxygen atoms in total. The van der Waals surface area contributed by atoms with Crippen molar-refractivity contribution < 1.29 is 13.2 Å². The molecule has 2 rings (SSSR count). The maximum Gasteiger partial charge on any atom is 0.244 e. The molecule has 0 bridgehead atoms. The highest BCUT2D eigenvalue weighted by molar-refractivity contribution is 7.89. The van der Waals surface area contributed by atoms with Crippen molar-refractivity contribution in [1.29, 1.82) is 0 Å². The van der Waals surface area contributed by atoms with E-state index in [0.717, 1.165) is 18.7 Å². The van der Waals surface area contributed by atoms with E-state index in [-0.39, 0.29) is 10.9 Å². The molecule has 0 radical (unpaired) electrons. The summed E-state index contributed by atoms with van der Waals surface area (Å²) in [6, 6.07) is 5.43. The quantitative estimate of drug-likeness (QED) is 0.818. The van der Waals surface area contributed by atoms with Gasteiger partial charge in [-0.25, -0.2) is 13.1 Å². The van der Waals surface area contributed by atoms with E-state index in [1.807, 2.05) is 13.0 Å². The minimum atomic E-state index is -3.59. The number of sulfonamides is 1. The van der Waals surface area contributed by atoms with Crippen LogP contribution in [0, 0.1) is 12.8 Å². The summed E-state index contributed by atoms with van der Waals surface area (Å²) in [5.41, 5.74) is 0.896. The summed E-state index contributed by atoms with van der Waals surface area (Å²) in [4.78, 5) is 2.63. The molecule has 24 heavy (non-hydrogen) atoms. The Bertz CT molecular complexity index is 638. The van der Waals surface area contributed by atoms with Crippen molar-refractivity contribution in [2.75, 3.05) is 26.7 Å². The van der Waals surface area contributed by atoms with E-state index >= 15 is 0 Å². The van der Waals surface area contributed by atoms with Crippen molar-refractivity contribution >= 4 is 10.0 Å². The molecular formula is C18H30N2O3S. The minimum absolute atomic E-state index is 0.214. The summed E-state index contributed by atoms with van der Waals surface area (Å²) in [5, 5.41) is 0. The molecule has 0 aliphatic carbocycles. The number of piperidine rings is 1. The number of hydrogen-bond acceptors (Lipinski definition) is 4. The van der Waals surface area contributed by atoms with Crippen LogP contribution in [0.15, 0.2) is 23.1 Å². The molecule has 136 valence electrons. The van der Waals surface area contributed by atoms with Gasteiger partial charge < -0.3 is 4.74 Å². The van der Waals surface area contributed by atoms with Crippen LogP contribution in [0.5, 0.6) is 5.75 Å². The van der Waals surface area contributed by atoms with Crippen LogP contribution >= 0.6 is 0 Å². The maximum atomic E-state index is 12.8. The predicted octanol–water partition coefficient (Wildman–Crippen LogP) is 2.79. The number of nitrogens with zero attached hydrogens (tertiary/aromatic N) is 1. The third-order valence-corrected chi connectivity index (χ3v) is 6.17. The summed E-state index contributed by atoms with van der Waals surface area (Å²) in [6.07, 6.45) is 3.66. The zero-order valence-electron chi connectivity index (χ0n) is 15.2. The van der Waals surface area contributed by atoms with Gasteiger partial charge in [-0.05, 0) is 56.5 Å². The third kappa shape index (κ3) is 4.71. The van der Waals surface area contributed by atoms with Gasteiger partial charge in [-0.15, -0.1) is 0 Å². The molecule has 1 aromatic rings. The number of nitrogens with one attached hydrogen (secondary N) is 1. The second-order valence-corrected chi connectivity index (χ2v) is 8.65. The normalized spacial score (nSPS) is 17.9. The fourth-order valence-corrected chi connectivity index (χ4v) is 4.61. The molecule has 1 aliphatic rings. The lowest BCUT2D eigenvalue weighted by atomic mass is 9.99. The zero-order chi connectivity index (χ0) is 17.7. The van der Waals surface area contributed by atoms with Crippen LogP contribution in [0.4, 0.5) is 0 Å². The highest BCUT2D eigenvalue weighted by Crippen LogP contribution is 2.25. The van der Waals surface area contributed by atoms with Crippen molar-refractivity contribution in [1.82, 2.24) is 9.62 Å². The SMILES string of the molecule is COc1ccc(C)cc1S(=O)(=O)NCC(C(C)C)N1CCCCC1. The molecule has 0 spiro atoms. The number of rotatable bonds is 7. The van der Waals surface area contributed by atoms with Crippen LogP contribution in [0.2, 0.25) is 0 Å². The van der Waals surface area contributed by atoms with Crippen molar-refractivity contribution in [3.05, 3.63) is 23.8 Å². The van der Waals surface area contributed by atoms with E-state index in [0.29, 0.717) is 18.2 Å². The first kappa shape index (κ1) is 19.2. The Morgan fingerprint density at radius 2 is 1.88 bits per heavy atom. The van der Waals surface area contributed by atoms with Gasteiger partial charge in [0.05, 0.1) is 7.11 Å². The molecule has 1 aromatic carbocycles. The lowest BCUT2D eigenvalue weighted by molar-refractivity contribution is 0.130. The topological polar surface area (TPSA) is 58.6 Å². The molecule has 0 amide bonds. The molecule has 1 heterocycles. The van der Waals surface area contributed by atoms with Gasteiger partial charge in [-0.3, -0.25) is 4.90 Å². The smallest absolute Gasteiger partial charge is 0.244 e. The number of aryl methyl sites for hydroxylation is 1. The molecule has 1 unspecified atom stereocenters. The zero-order valence-corrected chi connectivity index (χ0v) is 16.0. The first-order valence-electron chi connectivity index (χ1n) is 8.73. The second kappa shape index (κ2) is 8.32. The van der Waals surface area contributed by atoms with E-state index in [1.165, 1.54) is 26.4 Å². The lowest BCUT2D eigenvalue weighted by Crippen LogP contribution is -2.48. The molecule has 1 fully saturated rings. The summed E-state index contributed by atoms with van der Waals surface area (Å²) < 4.78 is 33.6. The largest absolute Gasteiger partial charge is 0.495 e. The highest BCUT2D eigenvalue weighted by Gasteiger charge is 2.26. The number of ether oxygens (including phenoxy) is 1. The Morgan fingerprint density at radius 1 is 1.21 bits per heavy atom. The number of methoxy groups -OCH3 is 1. The van der Waals surface area contributed by atoms with Gasteiger partial charge in [-0.2, -0.15) is 0 Å². The summed E-state index contributed by atoms with van der Waals surface area (Å²) in [5.74, 6) is 0.775. The maximum absolute atomic E-state index is 12.8. The molecule has 0 saturated carbocycles. The Kier molecular flexibility index (Phi) is 6.66. The van der Waals surface area contributed by atoms with Gasteiger partial charge >= 0.3 is 0 Å². The van der Waals surface area contributed by atoms with E-state index in [1.54, 1.807) is 12.1 Å². The van der Waals surface area contributed by atoms with Crippen LogP contribution in [-0.4, -0.2) is 46.1 Å². The summed E-state index contributed by atoms with van der Waals surface area (Å²) >= 11 is 0. The minimum Gasteiger partial charge on any atom is -0.495 e. The van der Waals surface area contributed by atoms with Crippen molar-refractivity contribution in [3.63, 3.8) is 0 Å². The fraction of sp³-hybridized carbons (Fsp3) is 0.667. The monoisotopic (exact) mass is 354 g/mol. The van der Waals surface area contributed by atoms with Crippen LogP contribution in [0.3, 0.4) is 0 Å². The second-order valence-electron chi connectivity index (χ2n) is 6.91. The Labute approximate surface area is 146 Å². The van der Waals surface area contributed by atoms with Crippen molar-refractivity contribution in [2.45, 2.75) is 51.0 Å². The van der Waals surface area contributed by atoms with E-state index in [4.69, 9.17) is 4.74 Å². The molecular weight excluding hydrogens is 324 g/mol. The van der Waals surface area contributed by atoms with Gasteiger partial charge in [0, 0.05) is 12.6 Å². The Balaban J connectivity index is 2.14. The fourth-order valence-electron chi connectivity index (χ4n) is 3.30. The molecule has 6 heteroatoms. The third-order valence-electron chi connectivity index (χ3n) is 4.72. The molecule has 1 saturated heterocycles. The Morgan fingerprint density at radius 3 is 2.46 bits per heavy atom. The lowest BCUT2D eigenvalue weighted by Gasteiger charge is -2.37. The highest BCUT2D eigenvalue weighted by atomic mass is 32.2. The standard InChI is InChI=1S/C18H30N2O3S/c1-14(2)16(20-10-6-5-7-11-20)13-19-24(21,22)18-12-15(3)8-9-17(18)23-4/h8-9,12,14,16,19H,5-7,10-11,13H2,1-4H3. The van der Waals surface area contributed by atoms with E-state index in [9.17, 15) is 8.42 Å². The van der Waals surface area contributed by atoms with Crippen molar-refractivity contribution in [2.24, 2.45) is 5.92 Å².